The van der Waals surface area contributed by atoms with Crippen LogP contribution in [-0.2, 0) is 0 Å². The Kier molecular flexibility index (Phi) is 4.81. The Labute approximate surface area is 99.2 Å². The lowest BCUT2D eigenvalue weighted by Gasteiger charge is -2.12. The Hall–Kier alpha value is -1.02. The number of hydrogen-bond acceptors (Lipinski definition) is 1. The topological polar surface area (TPSA) is 13.7 Å². The maximum absolute atomic E-state index is 5.77. The van der Waals surface area contributed by atoms with Gasteiger partial charge in [-0.1, -0.05) is 19.9 Å². The van der Waals surface area contributed by atoms with E-state index in [1.54, 1.807) is 0 Å². The summed E-state index contributed by atoms with van der Waals surface area (Å²) >= 11 is 0. The zero-order valence-electron chi connectivity index (χ0n) is 11.1. The molecule has 0 aliphatic carbocycles. The molecule has 0 radical (unpaired) electrons. The normalized spacial score (nSPS) is 11.2. The highest BCUT2D eigenvalue weighted by Crippen LogP contribution is 2.22. The van der Waals surface area contributed by atoms with E-state index in [0.717, 1.165) is 18.9 Å². The Morgan fingerprint density at radius 1 is 1.19 bits per heavy atom. The van der Waals surface area contributed by atoms with Crippen LogP contribution in [0.15, 0.2) is 18.2 Å². The van der Waals surface area contributed by atoms with Gasteiger partial charge in [0.2, 0.25) is 0 Å². The predicted molar refractivity (Wildman–Crippen MR) is 68.4 cm³/mol. The molecular weight excluding hydrogens is 198 g/mol. The SMILES string of the molecule is Cc1cc(OCC[NH+](C)C)cc(C(C)C)c1. The van der Waals surface area contributed by atoms with Crippen molar-refractivity contribution in [2.45, 2.75) is 26.7 Å². The average Bonchev–Trinajstić information content (AvgIpc) is 2.16. The highest BCUT2D eigenvalue weighted by atomic mass is 16.5. The summed E-state index contributed by atoms with van der Waals surface area (Å²) in [5.41, 5.74) is 2.63. The van der Waals surface area contributed by atoms with Crippen LogP contribution in [0.4, 0.5) is 0 Å². The van der Waals surface area contributed by atoms with Crippen LogP contribution in [-0.4, -0.2) is 27.2 Å². The fraction of sp³-hybridized carbons (Fsp3) is 0.571. The molecule has 0 atom stereocenters. The number of quaternary nitrogens is 1. The van der Waals surface area contributed by atoms with Gasteiger partial charge >= 0.3 is 0 Å². The molecule has 2 heteroatoms. The van der Waals surface area contributed by atoms with Crippen LogP contribution in [0.25, 0.3) is 0 Å². The van der Waals surface area contributed by atoms with E-state index in [0.29, 0.717) is 5.92 Å². The summed E-state index contributed by atoms with van der Waals surface area (Å²) in [4.78, 5) is 1.41. The van der Waals surface area contributed by atoms with E-state index < -0.39 is 0 Å². The number of ether oxygens (including phenoxy) is 1. The third-order valence-corrected chi connectivity index (χ3v) is 2.61. The summed E-state index contributed by atoms with van der Waals surface area (Å²) < 4.78 is 5.77. The predicted octanol–water partition coefficient (Wildman–Crippen LogP) is 1.64. The molecule has 0 bridgehead atoms. The van der Waals surface area contributed by atoms with Crippen molar-refractivity contribution in [1.82, 2.24) is 0 Å². The van der Waals surface area contributed by atoms with Gasteiger partial charge in [-0.15, -0.1) is 0 Å². The fourth-order valence-corrected chi connectivity index (χ4v) is 1.57. The van der Waals surface area contributed by atoms with Crippen LogP contribution in [0.2, 0.25) is 0 Å². The van der Waals surface area contributed by atoms with Crippen LogP contribution in [0, 0.1) is 6.92 Å². The van der Waals surface area contributed by atoms with Crippen molar-refractivity contribution in [2.75, 3.05) is 27.2 Å². The van der Waals surface area contributed by atoms with Gasteiger partial charge in [-0.25, -0.2) is 0 Å². The van der Waals surface area contributed by atoms with Crippen LogP contribution < -0.4 is 9.64 Å². The molecule has 0 spiro atoms. The molecule has 1 aromatic rings. The van der Waals surface area contributed by atoms with E-state index in [9.17, 15) is 0 Å². The second-order valence-corrected chi connectivity index (χ2v) is 5.04. The van der Waals surface area contributed by atoms with Crippen LogP contribution in [0.5, 0.6) is 5.75 Å². The van der Waals surface area contributed by atoms with Gasteiger partial charge < -0.3 is 9.64 Å². The summed E-state index contributed by atoms with van der Waals surface area (Å²) in [6.07, 6.45) is 0. The Balaban J connectivity index is 2.65. The van der Waals surface area contributed by atoms with Gasteiger partial charge in [-0.3, -0.25) is 0 Å². The fourth-order valence-electron chi connectivity index (χ4n) is 1.57. The molecule has 1 aromatic carbocycles. The molecule has 90 valence electrons. The molecule has 0 saturated carbocycles. The summed E-state index contributed by atoms with van der Waals surface area (Å²) in [7, 11) is 4.28. The number of aryl methyl sites for hydroxylation is 1. The van der Waals surface area contributed by atoms with Crippen molar-refractivity contribution in [3.05, 3.63) is 29.3 Å². The Morgan fingerprint density at radius 3 is 2.44 bits per heavy atom. The highest BCUT2D eigenvalue weighted by Gasteiger charge is 2.04. The smallest absolute Gasteiger partial charge is 0.137 e. The van der Waals surface area contributed by atoms with E-state index in [1.165, 1.54) is 16.0 Å². The van der Waals surface area contributed by atoms with E-state index in [4.69, 9.17) is 4.74 Å². The van der Waals surface area contributed by atoms with Gasteiger partial charge in [0.1, 0.15) is 18.9 Å². The molecule has 0 fully saturated rings. The number of rotatable bonds is 5. The van der Waals surface area contributed by atoms with Gasteiger partial charge in [0, 0.05) is 0 Å². The maximum Gasteiger partial charge on any atom is 0.137 e. The van der Waals surface area contributed by atoms with Crippen molar-refractivity contribution in [3.63, 3.8) is 0 Å². The van der Waals surface area contributed by atoms with E-state index in [1.807, 2.05) is 0 Å². The van der Waals surface area contributed by atoms with E-state index in [2.05, 4.69) is 53.1 Å². The lowest BCUT2D eigenvalue weighted by atomic mass is 10.0. The minimum atomic E-state index is 0.557. The second kappa shape index (κ2) is 5.90. The quantitative estimate of drug-likeness (QED) is 0.799. The molecule has 0 unspecified atom stereocenters. The Morgan fingerprint density at radius 2 is 1.88 bits per heavy atom. The van der Waals surface area contributed by atoms with Gasteiger partial charge in [-0.05, 0) is 36.1 Å². The van der Waals surface area contributed by atoms with Crippen LogP contribution in [0.3, 0.4) is 0 Å². The standard InChI is InChI=1S/C14H23NO/c1-11(2)13-8-12(3)9-14(10-13)16-7-6-15(4)5/h8-11H,6-7H2,1-5H3/p+1. The van der Waals surface area contributed by atoms with Crippen molar-refractivity contribution in [2.24, 2.45) is 0 Å². The van der Waals surface area contributed by atoms with Gasteiger partial charge in [0.05, 0.1) is 14.1 Å². The van der Waals surface area contributed by atoms with Gasteiger partial charge in [0.25, 0.3) is 0 Å². The molecule has 0 saturated heterocycles. The zero-order chi connectivity index (χ0) is 12.1. The first-order valence-corrected chi connectivity index (χ1v) is 6.02. The molecule has 1 rings (SSSR count). The first-order valence-electron chi connectivity index (χ1n) is 6.02. The van der Waals surface area contributed by atoms with Gasteiger partial charge in [0.15, 0.2) is 0 Å². The first-order chi connectivity index (χ1) is 7.49. The van der Waals surface area contributed by atoms with E-state index in [-0.39, 0.29) is 0 Å². The molecular formula is C14H24NO+. The molecule has 1 N–H and O–H groups in total. The number of likely N-dealkylation sites (N-methyl/N-ethyl adjacent to an activating group) is 1. The van der Waals surface area contributed by atoms with E-state index >= 15 is 0 Å². The second-order valence-electron chi connectivity index (χ2n) is 5.04. The van der Waals surface area contributed by atoms with Crippen molar-refractivity contribution in [1.29, 1.82) is 0 Å². The minimum absolute atomic E-state index is 0.557. The Bertz CT molecular complexity index is 332. The minimum Gasteiger partial charge on any atom is -0.488 e. The zero-order valence-corrected chi connectivity index (χ0v) is 11.1. The van der Waals surface area contributed by atoms with Crippen molar-refractivity contribution < 1.29 is 9.64 Å². The molecule has 0 aliphatic rings. The summed E-state index contributed by atoms with van der Waals surface area (Å²) in [5.74, 6) is 1.56. The summed E-state index contributed by atoms with van der Waals surface area (Å²) in [6.45, 7) is 8.36. The lowest BCUT2D eigenvalue weighted by Crippen LogP contribution is -3.06. The molecule has 0 aliphatic heterocycles. The average molecular weight is 222 g/mol. The monoisotopic (exact) mass is 222 g/mol. The molecule has 2 nitrogen and oxygen atoms in total. The number of benzene rings is 1. The van der Waals surface area contributed by atoms with Crippen LogP contribution >= 0.6 is 0 Å². The molecule has 0 amide bonds. The third-order valence-electron chi connectivity index (χ3n) is 2.61. The summed E-state index contributed by atoms with van der Waals surface area (Å²) in [5, 5.41) is 0. The molecule has 0 aromatic heterocycles. The largest absolute Gasteiger partial charge is 0.488 e. The first kappa shape index (κ1) is 13.0. The lowest BCUT2D eigenvalue weighted by molar-refractivity contribution is -0.858. The number of nitrogens with one attached hydrogen (secondary N) is 1. The summed E-state index contributed by atoms with van der Waals surface area (Å²) in [6, 6.07) is 6.49. The van der Waals surface area contributed by atoms with Crippen LogP contribution in [0.1, 0.15) is 30.9 Å². The van der Waals surface area contributed by atoms with Crippen molar-refractivity contribution in [3.8, 4) is 5.75 Å². The van der Waals surface area contributed by atoms with Crippen molar-refractivity contribution >= 4 is 0 Å². The number of hydrogen-bond donors (Lipinski definition) is 1. The maximum atomic E-state index is 5.77. The highest BCUT2D eigenvalue weighted by molar-refractivity contribution is 5.35. The van der Waals surface area contributed by atoms with Gasteiger partial charge in [-0.2, -0.15) is 0 Å². The molecule has 0 heterocycles. The molecule has 16 heavy (non-hydrogen) atoms. The third kappa shape index (κ3) is 4.23.